The largest absolute Gasteiger partial charge is 0.508 e. The van der Waals surface area contributed by atoms with Gasteiger partial charge in [0.05, 0.1) is 62.0 Å². The number of halogens is 10. The van der Waals surface area contributed by atoms with Crippen LogP contribution < -0.4 is 42.6 Å². The first-order valence-electron chi connectivity index (χ1n) is 36.3. The fourth-order valence-corrected chi connectivity index (χ4v) is 15.5. The van der Waals surface area contributed by atoms with E-state index in [1.54, 1.807) is 87.9 Å². The van der Waals surface area contributed by atoms with E-state index < -0.39 is 105 Å². The predicted molar refractivity (Wildman–Crippen MR) is 410 cm³/mol. The molecule has 0 aromatic heterocycles. The molecule has 12 aromatic rings. The van der Waals surface area contributed by atoms with E-state index in [1.165, 1.54) is 94.1 Å². The second-order valence-corrected chi connectivity index (χ2v) is 28.0. The molecule has 118 heavy (non-hydrogen) atoms. The highest BCUT2D eigenvalue weighted by atomic mass is 19.2. The van der Waals surface area contributed by atoms with Gasteiger partial charge >= 0.3 is 0 Å². The van der Waals surface area contributed by atoms with Crippen LogP contribution in [0.1, 0.15) is 120 Å². The molecule has 28 heteroatoms. The maximum atomic E-state index is 14.3. The summed E-state index contributed by atoms with van der Waals surface area (Å²) in [7, 11) is 7.52. The molecule has 0 saturated carbocycles. The van der Waals surface area contributed by atoms with Gasteiger partial charge in [0.1, 0.15) is 46.0 Å². The van der Waals surface area contributed by atoms with E-state index in [0.717, 1.165) is 58.7 Å². The summed E-state index contributed by atoms with van der Waals surface area (Å²) in [5, 5.41) is 88.0. The molecule has 4 aliphatic rings. The van der Waals surface area contributed by atoms with Crippen LogP contribution in [-0.2, 0) is 0 Å². The summed E-state index contributed by atoms with van der Waals surface area (Å²) in [6, 6.07) is 44.1. The molecule has 0 fully saturated rings. The van der Waals surface area contributed by atoms with Crippen LogP contribution in [0, 0.1) is 65.1 Å². The van der Waals surface area contributed by atoms with Gasteiger partial charge < -0.3 is 88.6 Å². The van der Waals surface area contributed by atoms with Gasteiger partial charge in [-0.25, -0.2) is 43.9 Å². The molecular formula is C90H74F10O18. The van der Waals surface area contributed by atoms with Gasteiger partial charge in [-0.05, 0) is 173 Å². The fraction of sp³-hybridized carbons (Fsp3) is 0.200. The van der Waals surface area contributed by atoms with E-state index >= 15 is 0 Å². The second-order valence-electron chi connectivity index (χ2n) is 28.0. The normalized spacial score (nSPS) is 17.9. The molecule has 12 aromatic carbocycles. The van der Waals surface area contributed by atoms with Gasteiger partial charge in [0.2, 0.25) is 11.5 Å². The molecule has 18 nitrogen and oxygen atoms in total. The molecule has 0 spiro atoms. The molecule has 0 radical (unpaired) electrons. The number of aromatic hydroxyl groups is 9. The van der Waals surface area contributed by atoms with Crippen LogP contribution in [0.3, 0.4) is 0 Å². The number of hydrogen-bond donors (Lipinski definition) is 9. The predicted octanol–water partition coefficient (Wildman–Crippen LogP) is 19.1. The number of phenols is 9. The van der Waals surface area contributed by atoms with Gasteiger partial charge in [0.25, 0.3) is 0 Å². The zero-order valence-corrected chi connectivity index (χ0v) is 63.3. The minimum atomic E-state index is -1.57. The summed E-state index contributed by atoms with van der Waals surface area (Å²) in [6.07, 6.45) is 0. The summed E-state index contributed by atoms with van der Waals surface area (Å²) in [4.78, 5) is 0. The van der Waals surface area contributed by atoms with Crippen molar-refractivity contribution in [3.63, 3.8) is 0 Å². The Morgan fingerprint density at radius 2 is 0.534 bits per heavy atom. The lowest BCUT2D eigenvalue weighted by molar-refractivity contribution is 0.244. The molecule has 8 atom stereocenters. The van der Waals surface area contributed by atoms with Crippen LogP contribution in [-0.4, -0.2) is 108 Å². The lowest BCUT2D eigenvalue weighted by Crippen LogP contribution is -2.26. The highest BCUT2D eigenvalue weighted by Gasteiger charge is 2.41. The second kappa shape index (κ2) is 34.4. The highest BCUT2D eigenvalue weighted by molar-refractivity contribution is 5.61. The quantitative estimate of drug-likeness (QED) is 0.0384. The van der Waals surface area contributed by atoms with Crippen LogP contribution in [0.15, 0.2) is 188 Å². The minimum Gasteiger partial charge on any atom is -0.508 e. The Morgan fingerprint density at radius 3 is 0.831 bits per heavy atom. The molecule has 0 bridgehead atoms. The third kappa shape index (κ3) is 16.5. The third-order valence-corrected chi connectivity index (χ3v) is 21.2. The maximum absolute atomic E-state index is 14.3. The summed E-state index contributed by atoms with van der Waals surface area (Å²) >= 11 is 0. The van der Waals surface area contributed by atoms with E-state index in [0.29, 0.717) is 79.2 Å². The Kier molecular flexibility index (Phi) is 24.0. The van der Waals surface area contributed by atoms with E-state index in [2.05, 4.69) is 0 Å². The van der Waals surface area contributed by atoms with Gasteiger partial charge in [0.15, 0.2) is 104 Å². The molecule has 0 aliphatic carbocycles. The molecule has 16 rings (SSSR count). The molecule has 0 saturated heterocycles. The number of benzene rings is 12. The molecule has 8 unspecified atom stereocenters. The Hall–Kier alpha value is -13.7. The molecule has 612 valence electrons. The zero-order chi connectivity index (χ0) is 84.4. The zero-order valence-electron chi connectivity index (χ0n) is 63.3. The van der Waals surface area contributed by atoms with E-state index in [9.17, 15) is 89.9 Å². The maximum Gasteiger partial charge on any atom is 0.203 e. The van der Waals surface area contributed by atoms with Crippen molar-refractivity contribution < 1.29 is 132 Å². The summed E-state index contributed by atoms with van der Waals surface area (Å²) < 4.78 is 189. The van der Waals surface area contributed by atoms with E-state index in [4.69, 9.17) is 42.6 Å². The summed E-state index contributed by atoms with van der Waals surface area (Å²) in [5.41, 5.74) is 7.26. The first-order chi connectivity index (χ1) is 56.5. The SMILES string of the molecule is COc1cc(C2COc3cc(O)ccc3C2c2ccc(O)c(F)c2)cc(OC)c1O.COc1cc(C2COc3cc(O)ccc3C2c2ccc(O)c(F)c2)cc(OC)c1OC.Cc1c(O)ccc2c1OCC(c1cc(F)c(F)c(F)c1)C2c1ccc(O)c(F)c1.Oc1ccc2c(c1)OCC(c1cc(F)c(F)c(F)c1)C2c1ccc(O)c(F)c1. The van der Waals surface area contributed by atoms with Gasteiger partial charge in [-0.15, -0.1) is 0 Å². The number of fused-ring (bicyclic) bond motifs is 4. The van der Waals surface area contributed by atoms with Gasteiger partial charge in [0, 0.05) is 93.4 Å². The smallest absolute Gasteiger partial charge is 0.203 e. The molecular weight excluding hydrogens is 1560 g/mol. The lowest BCUT2D eigenvalue weighted by Gasteiger charge is -2.35. The van der Waals surface area contributed by atoms with Crippen LogP contribution in [0.5, 0.6) is 103 Å². The molecule has 9 N–H and O–H groups in total. The number of methoxy groups -OCH3 is 5. The van der Waals surface area contributed by atoms with Crippen LogP contribution in [0.25, 0.3) is 0 Å². The van der Waals surface area contributed by atoms with Crippen LogP contribution in [0.4, 0.5) is 43.9 Å². The number of rotatable bonds is 13. The Bertz CT molecular complexity index is 5700. The summed E-state index contributed by atoms with van der Waals surface area (Å²) in [5.74, 6) is -13.4. The molecule has 0 amide bonds. The first-order valence-corrected chi connectivity index (χ1v) is 36.3. The van der Waals surface area contributed by atoms with Crippen molar-refractivity contribution in [2.45, 2.75) is 54.3 Å². The molecule has 4 aliphatic heterocycles. The molecule has 4 heterocycles. The van der Waals surface area contributed by atoms with E-state index in [1.807, 2.05) is 12.1 Å². The Balaban J connectivity index is 0.000000136. The third-order valence-electron chi connectivity index (χ3n) is 21.2. The first kappa shape index (κ1) is 82.3. The average molecular weight is 1630 g/mol. The van der Waals surface area contributed by atoms with Crippen molar-refractivity contribution in [2.24, 2.45) is 0 Å². The van der Waals surface area contributed by atoms with Crippen molar-refractivity contribution in [1.82, 2.24) is 0 Å². The standard InChI is InChI=1S/C24H23FO6.C23H21FO6.C22H16F4O3.C21H14F4O3/c1-28-21-9-14(10-22(29-2)24(21)30-3)17-12-31-20-11-15(26)5-6-16(20)23(17)13-4-7-19(27)18(25)8-13;1-28-20-8-13(9-21(29-2)23(20)27)16-11-30-19-10-14(25)4-5-15(19)22(16)12-3-6-18(26)17(24)7-12;1-10-18(27)5-3-13-20(11-2-4-19(28)15(23)6-11)14(9-29-22(10)13)12-7-16(24)21(26)17(25)8-12;22-15-5-10(1-4-18(15)27)20-13-3-2-12(26)8-19(13)28-9-14(20)11-6-16(23)21(25)17(24)7-11/h4-11,17,23,26-27H,12H2,1-3H3;3-10,16,22,25-27H,11H2,1-2H3;2-8,14,20,27-28H,9H2,1H3;1-8,14,20,26-27H,9H2. The Labute approximate surface area is 667 Å². The van der Waals surface area contributed by atoms with Crippen molar-refractivity contribution in [3.8, 4) is 103 Å². The Morgan fingerprint density at radius 1 is 0.271 bits per heavy atom. The topological polar surface area (TPSA) is 265 Å². The van der Waals surface area contributed by atoms with Crippen molar-refractivity contribution in [3.05, 3.63) is 319 Å². The number of hydrogen-bond acceptors (Lipinski definition) is 18. The average Bonchev–Trinajstić information content (AvgIpc) is 0.767. The summed E-state index contributed by atoms with van der Waals surface area (Å²) in [6.45, 7) is 2.10. The van der Waals surface area contributed by atoms with Crippen LogP contribution >= 0.6 is 0 Å². The van der Waals surface area contributed by atoms with Crippen LogP contribution in [0.2, 0.25) is 0 Å². The van der Waals surface area contributed by atoms with Gasteiger partial charge in [-0.3, -0.25) is 0 Å². The number of phenolic OH excluding ortho intramolecular Hbond substituents is 9. The van der Waals surface area contributed by atoms with Crippen molar-refractivity contribution >= 4 is 0 Å². The van der Waals surface area contributed by atoms with E-state index in [-0.39, 0.29) is 101 Å². The highest BCUT2D eigenvalue weighted by Crippen LogP contribution is 2.55. The minimum absolute atomic E-state index is 0.0108. The fourth-order valence-electron chi connectivity index (χ4n) is 15.5. The van der Waals surface area contributed by atoms with Gasteiger partial charge in [-0.1, -0.05) is 48.5 Å². The van der Waals surface area contributed by atoms with Crippen molar-refractivity contribution in [1.29, 1.82) is 0 Å². The number of ether oxygens (including phenoxy) is 9. The van der Waals surface area contributed by atoms with Crippen molar-refractivity contribution in [2.75, 3.05) is 62.0 Å². The monoisotopic (exact) mass is 1630 g/mol. The lowest BCUT2D eigenvalue weighted by atomic mass is 9.75. The van der Waals surface area contributed by atoms with Gasteiger partial charge in [-0.2, -0.15) is 0 Å².